The molecule has 3 aromatic rings. The Balaban J connectivity index is 1.65. The number of carbonyl (C=O) groups is 1. The van der Waals surface area contributed by atoms with Crippen molar-refractivity contribution in [3.05, 3.63) is 46.9 Å². The minimum Gasteiger partial charge on any atom is -0.469 e. The van der Waals surface area contributed by atoms with Crippen LogP contribution in [0.1, 0.15) is 11.3 Å². The van der Waals surface area contributed by atoms with Crippen molar-refractivity contribution in [1.29, 1.82) is 0 Å². The number of furan rings is 1. The summed E-state index contributed by atoms with van der Waals surface area (Å²) in [5.41, 5.74) is 2.53. The number of aryl methyl sites for hydroxylation is 2. The molecular weight excluding hydrogens is 360 g/mol. The van der Waals surface area contributed by atoms with Gasteiger partial charge in [-0.05, 0) is 37.6 Å². The van der Waals surface area contributed by atoms with Crippen LogP contribution in [-0.2, 0) is 11.8 Å². The molecule has 8 heteroatoms. The third-order valence-electron chi connectivity index (χ3n) is 3.67. The third-order valence-corrected chi connectivity index (χ3v) is 5.00. The zero-order chi connectivity index (χ0) is 18.0. The predicted octanol–water partition coefficient (Wildman–Crippen LogP) is 4.08. The number of nitrogens with one attached hydrogen (secondary N) is 1. The highest BCUT2D eigenvalue weighted by molar-refractivity contribution is 7.99. The summed E-state index contributed by atoms with van der Waals surface area (Å²) in [6, 6.07) is 7.35. The van der Waals surface area contributed by atoms with Crippen molar-refractivity contribution in [1.82, 2.24) is 14.8 Å². The molecule has 0 aliphatic heterocycles. The molecule has 0 saturated carbocycles. The largest absolute Gasteiger partial charge is 0.469 e. The second-order valence-corrected chi connectivity index (χ2v) is 6.93. The van der Waals surface area contributed by atoms with Gasteiger partial charge in [-0.2, -0.15) is 0 Å². The van der Waals surface area contributed by atoms with E-state index in [1.165, 1.54) is 11.8 Å². The van der Waals surface area contributed by atoms with Gasteiger partial charge in [0.15, 0.2) is 11.0 Å². The van der Waals surface area contributed by atoms with Gasteiger partial charge in [-0.1, -0.05) is 29.4 Å². The molecule has 0 bridgehead atoms. The van der Waals surface area contributed by atoms with Gasteiger partial charge in [-0.25, -0.2) is 0 Å². The average molecular weight is 377 g/mol. The summed E-state index contributed by atoms with van der Waals surface area (Å²) >= 11 is 7.45. The molecule has 0 saturated heterocycles. The smallest absolute Gasteiger partial charge is 0.234 e. The Kier molecular flexibility index (Phi) is 5.15. The summed E-state index contributed by atoms with van der Waals surface area (Å²) in [5.74, 6) is 1.54. The summed E-state index contributed by atoms with van der Waals surface area (Å²) in [4.78, 5) is 12.2. The number of benzene rings is 1. The lowest BCUT2D eigenvalue weighted by Gasteiger charge is -2.08. The monoisotopic (exact) mass is 376 g/mol. The first kappa shape index (κ1) is 17.6. The maximum Gasteiger partial charge on any atom is 0.234 e. The summed E-state index contributed by atoms with van der Waals surface area (Å²) in [5, 5.41) is 12.3. The van der Waals surface area contributed by atoms with Crippen LogP contribution in [0.2, 0.25) is 5.02 Å². The number of halogens is 1. The van der Waals surface area contributed by atoms with Crippen molar-refractivity contribution in [2.24, 2.45) is 7.05 Å². The highest BCUT2D eigenvalue weighted by Gasteiger charge is 2.16. The second kappa shape index (κ2) is 7.33. The molecule has 1 aromatic carbocycles. The SMILES string of the molecule is Cc1ccc(NC(=O)CSc2nnc(-c3ccoc3C)n2C)c(Cl)c1. The van der Waals surface area contributed by atoms with Gasteiger partial charge in [-0.3, -0.25) is 4.79 Å². The molecule has 25 heavy (non-hydrogen) atoms. The summed E-state index contributed by atoms with van der Waals surface area (Å²) in [6.07, 6.45) is 1.62. The number of carbonyl (C=O) groups excluding carboxylic acids is 1. The number of hydrogen-bond acceptors (Lipinski definition) is 5. The van der Waals surface area contributed by atoms with Crippen LogP contribution in [-0.4, -0.2) is 26.4 Å². The lowest BCUT2D eigenvalue weighted by molar-refractivity contribution is -0.113. The van der Waals surface area contributed by atoms with E-state index in [1.54, 1.807) is 12.3 Å². The number of amides is 1. The van der Waals surface area contributed by atoms with Crippen molar-refractivity contribution < 1.29 is 9.21 Å². The summed E-state index contributed by atoms with van der Waals surface area (Å²) < 4.78 is 7.14. The lowest BCUT2D eigenvalue weighted by atomic mass is 10.2. The molecule has 1 amide bonds. The molecule has 0 radical (unpaired) electrons. The van der Waals surface area contributed by atoms with Gasteiger partial charge in [0.05, 0.1) is 28.3 Å². The Morgan fingerprint density at radius 2 is 2.12 bits per heavy atom. The molecule has 6 nitrogen and oxygen atoms in total. The van der Waals surface area contributed by atoms with Crippen molar-refractivity contribution in [2.75, 3.05) is 11.1 Å². The normalized spacial score (nSPS) is 10.9. The fourth-order valence-electron chi connectivity index (χ4n) is 2.33. The molecule has 0 aliphatic carbocycles. The van der Waals surface area contributed by atoms with Crippen LogP contribution in [0.4, 0.5) is 5.69 Å². The Morgan fingerprint density at radius 1 is 1.32 bits per heavy atom. The van der Waals surface area contributed by atoms with E-state index < -0.39 is 0 Å². The number of thioether (sulfide) groups is 1. The fraction of sp³-hybridized carbons (Fsp3) is 0.235. The number of nitrogens with zero attached hydrogens (tertiary/aromatic N) is 3. The van der Waals surface area contributed by atoms with Crippen LogP contribution in [0, 0.1) is 13.8 Å². The number of rotatable bonds is 5. The Bertz CT molecular complexity index is 919. The maximum absolute atomic E-state index is 12.2. The van der Waals surface area contributed by atoms with Crippen LogP contribution in [0.25, 0.3) is 11.4 Å². The van der Waals surface area contributed by atoms with E-state index in [0.717, 1.165) is 16.9 Å². The molecule has 0 aliphatic rings. The van der Waals surface area contributed by atoms with Crippen LogP contribution < -0.4 is 5.32 Å². The zero-order valence-corrected chi connectivity index (χ0v) is 15.6. The van der Waals surface area contributed by atoms with E-state index in [2.05, 4.69) is 15.5 Å². The first-order valence-corrected chi connectivity index (χ1v) is 8.94. The Morgan fingerprint density at radius 3 is 2.80 bits per heavy atom. The molecule has 1 N–H and O–H groups in total. The molecule has 2 heterocycles. The highest BCUT2D eigenvalue weighted by Crippen LogP contribution is 2.26. The standard InChI is InChI=1S/C17H17ClN4O2S/c1-10-4-5-14(13(18)8-10)19-15(23)9-25-17-21-20-16(22(17)3)12-6-7-24-11(12)2/h4-8H,9H2,1-3H3,(H,19,23). The molecule has 0 atom stereocenters. The van der Waals surface area contributed by atoms with Crippen molar-refractivity contribution in [3.8, 4) is 11.4 Å². The average Bonchev–Trinajstić information content (AvgIpc) is 3.14. The van der Waals surface area contributed by atoms with E-state index >= 15 is 0 Å². The fourth-order valence-corrected chi connectivity index (χ4v) is 3.32. The van der Waals surface area contributed by atoms with Gasteiger partial charge >= 0.3 is 0 Å². The van der Waals surface area contributed by atoms with Crippen LogP contribution in [0.3, 0.4) is 0 Å². The third kappa shape index (κ3) is 3.88. The van der Waals surface area contributed by atoms with Crippen molar-refractivity contribution in [3.63, 3.8) is 0 Å². The van der Waals surface area contributed by atoms with Gasteiger partial charge in [-0.15, -0.1) is 10.2 Å². The topological polar surface area (TPSA) is 73.0 Å². The van der Waals surface area contributed by atoms with Crippen LogP contribution in [0.5, 0.6) is 0 Å². The number of hydrogen-bond donors (Lipinski definition) is 1. The molecule has 0 spiro atoms. The highest BCUT2D eigenvalue weighted by atomic mass is 35.5. The summed E-state index contributed by atoms with van der Waals surface area (Å²) in [6.45, 7) is 3.82. The summed E-state index contributed by atoms with van der Waals surface area (Å²) in [7, 11) is 1.86. The first-order valence-electron chi connectivity index (χ1n) is 7.58. The second-order valence-electron chi connectivity index (χ2n) is 5.58. The minimum absolute atomic E-state index is 0.153. The van der Waals surface area contributed by atoms with Gasteiger partial charge < -0.3 is 14.3 Å². The Hall–Kier alpha value is -2.25. The molecule has 2 aromatic heterocycles. The first-order chi connectivity index (χ1) is 12.0. The quantitative estimate of drug-likeness (QED) is 0.679. The van der Waals surface area contributed by atoms with E-state index in [-0.39, 0.29) is 11.7 Å². The molecular formula is C17H17ClN4O2S. The van der Waals surface area contributed by atoms with Crippen molar-refractivity contribution >= 4 is 35.0 Å². The number of anilines is 1. The maximum atomic E-state index is 12.2. The van der Waals surface area contributed by atoms with Gasteiger partial charge in [0.1, 0.15) is 5.76 Å². The zero-order valence-electron chi connectivity index (χ0n) is 14.0. The van der Waals surface area contributed by atoms with Crippen LogP contribution >= 0.6 is 23.4 Å². The predicted molar refractivity (Wildman–Crippen MR) is 99.0 cm³/mol. The van der Waals surface area contributed by atoms with E-state index in [0.29, 0.717) is 21.7 Å². The Labute approximate surface area is 154 Å². The molecule has 130 valence electrons. The number of aromatic nitrogens is 3. The molecule has 0 unspecified atom stereocenters. The van der Waals surface area contributed by atoms with Crippen LogP contribution in [0.15, 0.2) is 40.1 Å². The van der Waals surface area contributed by atoms with Gasteiger partial charge in [0, 0.05) is 7.05 Å². The van der Waals surface area contributed by atoms with E-state index in [4.69, 9.17) is 16.0 Å². The lowest BCUT2D eigenvalue weighted by Crippen LogP contribution is -2.14. The molecule has 3 rings (SSSR count). The van der Waals surface area contributed by atoms with E-state index in [9.17, 15) is 4.79 Å². The van der Waals surface area contributed by atoms with Gasteiger partial charge in [0.2, 0.25) is 5.91 Å². The molecule has 0 fully saturated rings. The minimum atomic E-state index is -0.153. The van der Waals surface area contributed by atoms with Gasteiger partial charge in [0.25, 0.3) is 0 Å². The van der Waals surface area contributed by atoms with Crippen molar-refractivity contribution in [2.45, 2.75) is 19.0 Å². The van der Waals surface area contributed by atoms with E-state index in [1.807, 2.05) is 43.7 Å².